The van der Waals surface area contributed by atoms with Crippen LogP contribution in [0.4, 0.5) is 24.5 Å². The van der Waals surface area contributed by atoms with Crippen molar-refractivity contribution in [3.8, 4) is 0 Å². The van der Waals surface area contributed by atoms with Gasteiger partial charge in [0.25, 0.3) is 5.69 Å². The van der Waals surface area contributed by atoms with Crippen molar-refractivity contribution in [1.29, 1.82) is 0 Å². The molecule has 1 aromatic carbocycles. The summed E-state index contributed by atoms with van der Waals surface area (Å²) >= 11 is 0. The zero-order valence-corrected chi connectivity index (χ0v) is 13.9. The molecule has 0 bridgehead atoms. The topological polar surface area (TPSA) is 81.5 Å². The monoisotopic (exact) mass is 360 g/mol. The summed E-state index contributed by atoms with van der Waals surface area (Å²) < 4.78 is 44.9. The Morgan fingerprint density at radius 1 is 1.44 bits per heavy atom. The maximum absolute atomic E-state index is 13.2. The van der Waals surface area contributed by atoms with Crippen LogP contribution in [-0.2, 0) is 22.1 Å². The molecule has 0 spiro atoms. The van der Waals surface area contributed by atoms with E-state index < -0.39 is 33.9 Å². The minimum absolute atomic E-state index is 0.0332. The second-order valence-corrected chi connectivity index (χ2v) is 6.22. The van der Waals surface area contributed by atoms with Gasteiger partial charge in [0.2, 0.25) is 0 Å². The lowest BCUT2D eigenvalue weighted by molar-refractivity contribution is -0.385. The third-order valence-electron chi connectivity index (χ3n) is 4.22. The lowest BCUT2D eigenvalue weighted by atomic mass is 9.85. The van der Waals surface area contributed by atoms with Crippen LogP contribution in [0.3, 0.4) is 0 Å². The average molecular weight is 360 g/mol. The van der Waals surface area contributed by atoms with Crippen molar-refractivity contribution < 1.29 is 27.6 Å². The van der Waals surface area contributed by atoms with Crippen LogP contribution < -0.4 is 5.32 Å². The minimum Gasteiger partial charge on any atom is -0.464 e. The number of nitrogens with zero attached hydrogens (tertiary/aromatic N) is 1. The maximum atomic E-state index is 13.2. The standard InChI is InChI=1S/C16H19F3N2O4/c1-3-4-7-25-14(22)15(2)6-5-11-12(16(17,18)19)8-10(21(23)24)9-13(11)20-15/h8-9,20H,3-7H2,1-2H3. The van der Waals surface area contributed by atoms with Crippen LogP contribution in [0, 0.1) is 10.1 Å². The number of alkyl halides is 3. The molecule has 1 aliphatic rings. The highest BCUT2D eigenvalue weighted by Gasteiger charge is 2.43. The Bertz CT molecular complexity index is 691. The van der Waals surface area contributed by atoms with Gasteiger partial charge in [-0.05, 0) is 31.7 Å². The van der Waals surface area contributed by atoms with Crippen molar-refractivity contribution >= 4 is 17.3 Å². The van der Waals surface area contributed by atoms with Crippen LogP contribution in [0.2, 0.25) is 0 Å². The number of fused-ring (bicyclic) bond motifs is 1. The molecule has 6 nitrogen and oxygen atoms in total. The number of halogens is 3. The quantitative estimate of drug-likeness (QED) is 0.370. The fourth-order valence-corrected chi connectivity index (χ4v) is 2.75. The number of non-ortho nitro benzene ring substituents is 1. The van der Waals surface area contributed by atoms with Crippen molar-refractivity contribution in [1.82, 2.24) is 0 Å². The lowest BCUT2D eigenvalue weighted by Crippen LogP contribution is -2.47. The molecule has 0 saturated carbocycles. The van der Waals surface area contributed by atoms with Gasteiger partial charge >= 0.3 is 12.1 Å². The van der Waals surface area contributed by atoms with Gasteiger partial charge in [-0.3, -0.25) is 10.1 Å². The van der Waals surface area contributed by atoms with Crippen molar-refractivity contribution in [3.63, 3.8) is 0 Å². The molecule has 1 aromatic rings. The summed E-state index contributed by atoms with van der Waals surface area (Å²) in [5, 5.41) is 13.7. The van der Waals surface area contributed by atoms with E-state index in [1.807, 2.05) is 6.92 Å². The summed E-state index contributed by atoms with van der Waals surface area (Å²) in [5.74, 6) is -0.577. The van der Waals surface area contributed by atoms with E-state index in [2.05, 4.69) is 5.32 Å². The largest absolute Gasteiger partial charge is 0.464 e. The van der Waals surface area contributed by atoms with E-state index in [0.717, 1.165) is 12.5 Å². The van der Waals surface area contributed by atoms with Crippen molar-refractivity contribution in [2.45, 2.75) is 51.2 Å². The molecular formula is C16H19F3N2O4. The summed E-state index contributed by atoms with van der Waals surface area (Å²) in [7, 11) is 0. The molecular weight excluding hydrogens is 341 g/mol. The molecule has 0 amide bonds. The number of unbranched alkanes of at least 4 members (excludes halogenated alkanes) is 1. The third-order valence-corrected chi connectivity index (χ3v) is 4.22. The van der Waals surface area contributed by atoms with Crippen LogP contribution in [-0.4, -0.2) is 23.0 Å². The molecule has 1 unspecified atom stereocenters. The van der Waals surface area contributed by atoms with E-state index in [-0.39, 0.29) is 30.7 Å². The molecule has 0 radical (unpaired) electrons. The van der Waals surface area contributed by atoms with E-state index in [1.54, 1.807) is 0 Å². The van der Waals surface area contributed by atoms with Crippen LogP contribution >= 0.6 is 0 Å². The Hall–Kier alpha value is -2.32. The normalized spacial score (nSPS) is 19.7. The van der Waals surface area contributed by atoms with Gasteiger partial charge in [-0.25, -0.2) is 4.79 Å². The Morgan fingerprint density at radius 2 is 2.12 bits per heavy atom. The van der Waals surface area contributed by atoms with Gasteiger partial charge < -0.3 is 10.1 Å². The first kappa shape index (κ1) is 19.0. The number of anilines is 1. The van der Waals surface area contributed by atoms with Crippen molar-refractivity contribution in [3.05, 3.63) is 33.4 Å². The number of carbonyl (C=O) groups excluding carboxylic acids is 1. The predicted octanol–water partition coefficient (Wildman–Crippen LogP) is 4.07. The molecule has 0 saturated heterocycles. The number of nitro benzene ring substituents is 1. The van der Waals surface area contributed by atoms with Crippen LogP contribution in [0.1, 0.15) is 44.2 Å². The Morgan fingerprint density at radius 3 is 2.68 bits per heavy atom. The molecule has 1 aliphatic heterocycles. The molecule has 1 atom stereocenters. The predicted molar refractivity (Wildman–Crippen MR) is 84.3 cm³/mol. The first-order valence-corrected chi connectivity index (χ1v) is 7.92. The second-order valence-electron chi connectivity index (χ2n) is 6.22. The molecule has 0 aliphatic carbocycles. The Labute approximate surface area is 142 Å². The van der Waals surface area contributed by atoms with Gasteiger partial charge in [-0.1, -0.05) is 13.3 Å². The Balaban J connectivity index is 2.37. The summed E-state index contributed by atoms with van der Waals surface area (Å²) in [6.45, 7) is 3.68. The number of hydrogen-bond donors (Lipinski definition) is 1. The molecule has 0 aromatic heterocycles. The van der Waals surface area contributed by atoms with Gasteiger partial charge in [0.05, 0.1) is 17.1 Å². The molecule has 25 heavy (non-hydrogen) atoms. The van der Waals surface area contributed by atoms with Gasteiger partial charge in [0, 0.05) is 17.8 Å². The van der Waals surface area contributed by atoms with Gasteiger partial charge in [-0.2, -0.15) is 13.2 Å². The number of esters is 1. The number of nitrogens with one attached hydrogen (secondary N) is 1. The van der Waals surface area contributed by atoms with E-state index in [9.17, 15) is 28.1 Å². The first-order valence-electron chi connectivity index (χ1n) is 7.92. The SMILES string of the molecule is CCCCOC(=O)C1(C)CCc2c(cc([N+](=O)[O-])cc2C(F)(F)F)N1. The van der Waals surface area contributed by atoms with Crippen molar-refractivity contribution in [2.24, 2.45) is 0 Å². The summed E-state index contributed by atoms with van der Waals surface area (Å²) in [5.41, 5.74) is -3.08. The van der Waals surface area contributed by atoms with Crippen molar-refractivity contribution in [2.75, 3.05) is 11.9 Å². The zero-order valence-electron chi connectivity index (χ0n) is 13.9. The number of carbonyl (C=O) groups is 1. The average Bonchev–Trinajstić information content (AvgIpc) is 2.52. The number of nitro groups is 1. The highest BCUT2D eigenvalue weighted by molar-refractivity contribution is 5.86. The third kappa shape index (κ3) is 4.02. The molecule has 0 fully saturated rings. The molecule has 9 heteroatoms. The second kappa shape index (κ2) is 6.89. The Kier molecular flexibility index (Phi) is 5.24. The number of ether oxygens (including phenoxy) is 1. The maximum Gasteiger partial charge on any atom is 0.417 e. The smallest absolute Gasteiger partial charge is 0.417 e. The zero-order chi connectivity index (χ0) is 18.8. The molecule has 1 N–H and O–H groups in total. The number of hydrogen-bond acceptors (Lipinski definition) is 5. The fourth-order valence-electron chi connectivity index (χ4n) is 2.75. The highest BCUT2D eigenvalue weighted by atomic mass is 19.4. The van der Waals surface area contributed by atoms with E-state index in [0.29, 0.717) is 12.5 Å². The van der Waals surface area contributed by atoms with Gasteiger partial charge in [0.15, 0.2) is 0 Å². The van der Waals surface area contributed by atoms with Gasteiger partial charge in [-0.15, -0.1) is 0 Å². The van der Waals surface area contributed by atoms with Gasteiger partial charge in [0.1, 0.15) is 5.54 Å². The summed E-state index contributed by atoms with van der Waals surface area (Å²) in [6, 6.07) is 1.56. The first-order chi connectivity index (χ1) is 11.6. The molecule has 138 valence electrons. The van der Waals surface area contributed by atoms with Crippen LogP contribution in [0.25, 0.3) is 0 Å². The van der Waals surface area contributed by atoms with Crippen LogP contribution in [0.5, 0.6) is 0 Å². The van der Waals surface area contributed by atoms with Crippen LogP contribution in [0.15, 0.2) is 12.1 Å². The minimum atomic E-state index is -4.72. The lowest BCUT2D eigenvalue weighted by Gasteiger charge is -2.35. The van der Waals surface area contributed by atoms with E-state index in [1.165, 1.54) is 6.92 Å². The molecule has 1 heterocycles. The number of benzene rings is 1. The van der Waals surface area contributed by atoms with E-state index >= 15 is 0 Å². The highest BCUT2D eigenvalue weighted by Crippen LogP contribution is 2.42. The summed E-state index contributed by atoms with van der Waals surface area (Å²) in [4.78, 5) is 22.3. The number of rotatable bonds is 5. The fraction of sp³-hybridized carbons (Fsp3) is 0.562. The summed E-state index contributed by atoms with van der Waals surface area (Å²) in [6.07, 6.45) is -3.13. The van der Waals surface area contributed by atoms with E-state index in [4.69, 9.17) is 4.74 Å². The molecule has 2 rings (SSSR count).